The second-order valence-electron chi connectivity index (χ2n) is 3.31. The van der Waals surface area contributed by atoms with Gasteiger partial charge in [-0.1, -0.05) is 19.1 Å². The van der Waals surface area contributed by atoms with Gasteiger partial charge in [-0.2, -0.15) is 11.8 Å². The van der Waals surface area contributed by atoms with Gasteiger partial charge in [0.2, 0.25) is 0 Å². The van der Waals surface area contributed by atoms with Crippen LogP contribution in [0.15, 0.2) is 24.3 Å². The second kappa shape index (κ2) is 5.78. The van der Waals surface area contributed by atoms with Gasteiger partial charge in [0.05, 0.1) is 12.2 Å². The van der Waals surface area contributed by atoms with Crippen molar-refractivity contribution in [1.29, 1.82) is 0 Å². The van der Waals surface area contributed by atoms with E-state index in [4.69, 9.17) is 10.2 Å². The van der Waals surface area contributed by atoms with Crippen LogP contribution < -0.4 is 0 Å². The van der Waals surface area contributed by atoms with Crippen molar-refractivity contribution in [3.63, 3.8) is 0 Å². The number of carbonyl (C=O) groups is 1. The van der Waals surface area contributed by atoms with Crippen LogP contribution in [0.4, 0.5) is 0 Å². The van der Waals surface area contributed by atoms with E-state index in [9.17, 15) is 4.79 Å². The van der Waals surface area contributed by atoms with Crippen LogP contribution in [0.2, 0.25) is 0 Å². The summed E-state index contributed by atoms with van der Waals surface area (Å²) in [7, 11) is 0. The van der Waals surface area contributed by atoms with Gasteiger partial charge < -0.3 is 10.2 Å². The molecule has 82 valence electrons. The van der Waals surface area contributed by atoms with Gasteiger partial charge in [0.15, 0.2) is 0 Å². The van der Waals surface area contributed by atoms with E-state index in [1.54, 1.807) is 30.0 Å². The zero-order valence-electron chi connectivity index (χ0n) is 8.51. The first kappa shape index (κ1) is 12.1. The van der Waals surface area contributed by atoms with Crippen molar-refractivity contribution in [2.45, 2.75) is 17.9 Å². The van der Waals surface area contributed by atoms with Crippen LogP contribution in [0.5, 0.6) is 0 Å². The Balaban J connectivity index is 2.62. The topological polar surface area (TPSA) is 57.5 Å². The van der Waals surface area contributed by atoms with E-state index < -0.39 is 5.97 Å². The Morgan fingerprint density at radius 2 is 2.27 bits per heavy atom. The highest BCUT2D eigenvalue weighted by molar-refractivity contribution is 7.99. The van der Waals surface area contributed by atoms with Gasteiger partial charge in [0.1, 0.15) is 0 Å². The van der Waals surface area contributed by atoms with Gasteiger partial charge in [-0.3, -0.25) is 0 Å². The molecule has 0 saturated heterocycles. The summed E-state index contributed by atoms with van der Waals surface area (Å²) in [5.41, 5.74) is 1.28. The molecule has 1 aromatic carbocycles. The van der Waals surface area contributed by atoms with Crippen molar-refractivity contribution in [2.24, 2.45) is 0 Å². The van der Waals surface area contributed by atoms with Crippen molar-refractivity contribution in [2.75, 3.05) is 6.61 Å². The van der Waals surface area contributed by atoms with E-state index in [1.165, 1.54) is 0 Å². The fourth-order valence-electron chi connectivity index (χ4n) is 1.09. The minimum absolute atomic E-state index is 0.142. The van der Waals surface area contributed by atoms with Gasteiger partial charge in [-0.15, -0.1) is 0 Å². The molecule has 0 fully saturated rings. The van der Waals surface area contributed by atoms with E-state index in [0.29, 0.717) is 5.56 Å². The number of aromatic carboxylic acids is 1. The molecule has 1 rings (SSSR count). The van der Waals surface area contributed by atoms with Crippen molar-refractivity contribution in [3.05, 3.63) is 35.4 Å². The first-order valence-electron chi connectivity index (χ1n) is 4.68. The lowest BCUT2D eigenvalue weighted by Crippen LogP contribution is -2.03. The predicted octanol–water partition coefficient (Wildman–Crippen LogP) is 2.00. The number of hydrogen-bond donors (Lipinski definition) is 2. The average molecular weight is 226 g/mol. The summed E-state index contributed by atoms with van der Waals surface area (Å²) < 4.78 is 0. The molecule has 3 nitrogen and oxygen atoms in total. The molecule has 1 aromatic rings. The van der Waals surface area contributed by atoms with E-state index in [-0.39, 0.29) is 11.9 Å². The van der Waals surface area contributed by atoms with Crippen LogP contribution in [0, 0.1) is 0 Å². The third-order valence-electron chi connectivity index (χ3n) is 1.97. The maximum atomic E-state index is 10.7. The van der Waals surface area contributed by atoms with Gasteiger partial charge >= 0.3 is 5.97 Å². The fourth-order valence-corrected chi connectivity index (χ4v) is 1.85. The molecular formula is C11H14O3S. The van der Waals surface area contributed by atoms with Crippen molar-refractivity contribution >= 4 is 17.7 Å². The highest BCUT2D eigenvalue weighted by atomic mass is 32.2. The summed E-state index contributed by atoms with van der Waals surface area (Å²) >= 11 is 1.61. The molecule has 4 heteroatoms. The minimum Gasteiger partial charge on any atom is -0.478 e. The summed E-state index contributed by atoms with van der Waals surface area (Å²) in [6.07, 6.45) is 0. The number of aliphatic hydroxyl groups is 1. The molecule has 1 unspecified atom stereocenters. The number of rotatable bonds is 5. The Morgan fingerprint density at radius 1 is 1.53 bits per heavy atom. The Kier molecular flexibility index (Phi) is 4.65. The molecule has 0 bridgehead atoms. The third-order valence-corrected chi connectivity index (χ3v) is 3.18. The molecular weight excluding hydrogens is 212 g/mol. The maximum Gasteiger partial charge on any atom is 0.335 e. The summed E-state index contributed by atoms with van der Waals surface area (Å²) in [6.45, 7) is 2.08. The third kappa shape index (κ3) is 3.93. The van der Waals surface area contributed by atoms with E-state index in [2.05, 4.69) is 0 Å². The number of hydrogen-bond acceptors (Lipinski definition) is 3. The van der Waals surface area contributed by atoms with Crippen LogP contribution in [0.25, 0.3) is 0 Å². The first-order chi connectivity index (χ1) is 7.13. The Bertz CT molecular complexity index is 338. The Labute approximate surface area is 93.1 Å². The smallest absolute Gasteiger partial charge is 0.335 e. The molecule has 0 spiro atoms. The zero-order valence-corrected chi connectivity index (χ0v) is 9.33. The van der Waals surface area contributed by atoms with Gasteiger partial charge in [-0.25, -0.2) is 4.79 Å². The first-order valence-corrected chi connectivity index (χ1v) is 5.73. The normalized spacial score (nSPS) is 12.4. The molecule has 0 saturated carbocycles. The number of carboxylic acids is 1. The molecule has 0 aliphatic rings. The molecule has 0 heterocycles. The number of thioether (sulfide) groups is 1. The van der Waals surface area contributed by atoms with Crippen LogP contribution in [-0.4, -0.2) is 28.0 Å². The lowest BCUT2D eigenvalue weighted by molar-refractivity contribution is 0.0697. The SMILES string of the molecule is CC(CO)SCc1cccc(C(=O)O)c1. The molecule has 0 aliphatic carbocycles. The molecule has 0 radical (unpaired) electrons. The monoisotopic (exact) mass is 226 g/mol. The molecule has 2 N–H and O–H groups in total. The summed E-state index contributed by atoms with van der Waals surface area (Å²) in [6, 6.07) is 6.87. The number of aliphatic hydroxyl groups excluding tert-OH is 1. The Morgan fingerprint density at radius 3 is 2.87 bits per heavy atom. The van der Waals surface area contributed by atoms with E-state index in [1.807, 2.05) is 13.0 Å². The molecule has 0 aromatic heterocycles. The maximum absolute atomic E-state index is 10.7. The standard InChI is InChI=1S/C11H14O3S/c1-8(6-12)15-7-9-3-2-4-10(5-9)11(13)14/h2-5,8,12H,6-7H2,1H3,(H,13,14). The van der Waals surface area contributed by atoms with Gasteiger partial charge in [-0.05, 0) is 17.7 Å². The van der Waals surface area contributed by atoms with Crippen LogP contribution >= 0.6 is 11.8 Å². The lowest BCUT2D eigenvalue weighted by Gasteiger charge is -2.07. The molecule has 1 atom stereocenters. The number of benzene rings is 1. The predicted molar refractivity (Wildman–Crippen MR) is 61.2 cm³/mol. The van der Waals surface area contributed by atoms with Crippen molar-refractivity contribution < 1.29 is 15.0 Å². The highest BCUT2D eigenvalue weighted by Crippen LogP contribution is 2.18. The van der Waals surface area contributed by atoms with Crippen molar-refractivity contribution in [1.82, 2.24) is 0 Å². The quantitative estimate of drug-likeness (QED) is 0.806. The summed E-state index contributed by atoms with van der Waals surface area (Å²) in [5.74, 6) is -0.180. The van der Waals surface area contributed by atoms with E-state index >= 15 is 0 Å². The lowest BCUT2D eigenvalue weighted by atomic mass is 10.1. The van der Waals surface area contributed by atoms with Crippen molar-refractivity contribution in [3.8, 4) is 0 Å². The second-order valence-corrected chi connectivity index (χ2v) is 4.74. The van der Waals surface area contributed by atoms with Gasteiger partial charge in [0, 0.05) is 11.0 Å². The van der Waals surface area contributed by atoms with Crippen LogP contribution in [0.1, 0.15) is 22.8 Å². The summed E-state index contributed by atoms with van der Waals surface area (Å²) in [4.78, 5) is 10.7. The average Bonchev–Trinajstić information content (AvgIpc) is 2.26. The molecule has 0 amide bonds. The minimum atomic E-state index is -0.906. The zero-order chi connectivity index (χ0) is 11.3. The van der Waals surface area contributed by atoms with E-state index in [0.717, 1.165) is 11.3 Å². The van der Waals surface area contributed by atoms with Crippen LogP contribution in [0.3, 0.4) is 0 Å². The van der Waals surface area contributed by atoms with Crippen LogP contribution in [-0.2, 0) is 5.75 Å². The molecule has 0 aliphatic heterocycles. The highest BCUT2D eigenvalue weighted by Gasteiger charge is 2.05. The molecule has 15 heavy (non-hydrogen) atoms. The number of carboxylic acid groups (broad SMARTS) is 1. The fraction of sp³-hybridized carbons (Fsp3) is 0.364. The van der Waals surface area contributed by atoms with Gasteiger partial charge in [0.25, 0.3) is 0 Å². The largest absolute Gasteiger partial charge is 0.478 e. The Hall–Kier alpha value is -1.00. The summed E-state index contributed by atoms with van der Waals surface area (Å²) in [5, 5.41) is 17.8.